The predicted octanol–water partition coefficient (Wildman–Crippen LogP) is 4.65. The number of nitrogens with zero attached hydrogens (tertiary/aromatic N) is 3. The number of carboxylic acids is 1. The SMILES string of the molecule is CCOc1c(N2CC[C@@H]([C@H](C)N(C)C(=O)OC(C)(C)C)C2)c(F)cc2c(=O)c(C(=O)O)cn(C3CC3)c12. The molecule has 1 aliphatic carbocycles. The minimum Gasteiger partial charge on any atom is -0.489 e. The number of rotatable bonds is 7. The Bertz CT molecular complexity index is 1280. The maximum Gasteiger partial charge on any atom is 0.410 e. The first kappa shape index (κ1) is 26.8. The molecule has 2 aromatic rings. The van der Waals surface area contributed by atoms with Crippen molar-refractivity contribution in [3.63, 3.8) is 0 Å². The van der Waals surface area contributed by atoms with Crippen LogP contribution in [-0.4, -0.2) is 65.0 Å². The van der Waals surface area contributed by atoms with E-state index in [9.17, 15) is 19.5 Å². The van der Waals surface area contributed by atoms with Crippen molar-refractivity contribution in [1.82, 2.24) is 9.47 Å². The average molecular weight is 518 g/mol. The average Bonchev–Trinajstić information content (AvgIpc) is 3.54. The number of aromatic nitrogens is 1. The Kier molecular flexibility index (Phi) is 7.14. The number of amides is 1. The fourth-order valence-corrected chi connectivity index (χ4v) is 5.01. The van der Waals surface area contributed by atoms with Gasteiger partial charge in [0.15, 0.2) is 11.6 Å². The second-order valence-corrected chi connectivity index (χ2v) is 11.0. The molecule has 4 rings (SSSR count). The summed E-state index contributed by atoms with van der Waals surface area (Å²) in [5, 5.41) is 9.57. The summed E-state index contributed by atoms with van der Waals surface area (Å²) in [6, 6.07) is 1.03. The van der Waals surface area contributed by atoms with Crippen LogP contribution in [-0.2, 0) is 4.74 Å². The van der Waals surface area contributed by atoms with Gasteiger partial charge in [0.2, 0.25) is 5.43 Å². The zero-order chi connectivity index (χ0) is 27.2. The molecule has 202 valence electrons. The van der Waals surface area contributed by atoms with E-state index in [1.54, 1.807) is 23.4 Å². The highest BCUT2D eigenvalue weighted by molar-refractivity contribution is 5.97. The quantitative estimate of drug-likeness (QED) is 0.570. The van der Waals surface area contributed by atoms with Gasteiger partial charge in [-0.15, -0.1) is 0 Å². The molecule has 0 radical (unpaired) electrons. The first-order valence-electron chi connectivity index (χ1n) is 12.8. The molecule has 1 aliphatic heterocycles. The number of carbonyl (C=O) groups is 2. The molecule has 2 fully saturated rings. The summed E-state index contributed by atoms with van der Waals surface area (Å²) in [5.41, 5.74) is -1.02. The number of carbonyl (C=O) groups excluding carboxylic acids is 1. The van der Waals surface area contributed by atoms with Crippen LogP contribution in [0.4, 0.5) is 14.9 Å². The number of pyridine rings is 1. The van der Waals surface area contributed by atoms with Gasteiger partial charge in [-0.2, -0.15) is 0 Å². The van der Waals surface area contributed by atoms with E-state index in [1.165, 1.54) is 6.20 Å². The number of halogens is 1. The van der Waals surface area contributed by atoms with E-state index in [4.69, 9.17) is 9.47 Å². The Balaban J connectivity index is 1.73. The van der Waals surface area contributed by atoms with Crippen LogP contribution < -0.4 is 15.1 Å². The maximum absolute atomic E-state index is 15.7. The van der Waals surface area contributed by atoms with Gasteiger partial charge in [-0.1, -0.05) is 0 Å². The first-order valence-corrected chi connectivity index (χ1v) is 12.8. The van der Waals surface area contributed by atoms with Crippen molar-refractivity contribution >= 4 is 28.7 Å². The van der Waals surface area contributed by atoms with E-state index < -0.39 is 28.9 Å². The summed E-state index contributed by atoms with van der Waals surface area (Å²) in [6.07, 6.45) is 3.36. The van der Waals surface area contributed by atoms with E-state index >= 15 is 4.39 Å². The fraction of sp³-hybridized carbons (Fsp3) is 0.593. The molecule has 2 aliphatic rings. The zero-order valence-electron chi connectivity index (χ0n) is 22.3. The fourth-order valence-electron chi connectivity index (χ4n) is 5.01. The Hall–Kier alpha value is -3.30. The van der Waals surface area contributed by atoms with Gasteiger partial charge in [-0.05, 0) is 65.9 Å². The van der Waals surface area contributed by atoms with Crippen LogP contribution in [0.1, 0.15) is 70.3 Å². The van der Waals surface area contributed by atoms with Gasteiger partial charge in [0.05, 0.1) is 17.5 Å². The highest BCUT2D eigenvalue weighted by Crippen LogP contribution is 2.45. The monoisotopic (exact) mass is 517 g/mol. The third-order valence-corrected chi connectivity index (χ3v) is 7.17. The number of hydrogen-bond acceptors (Lipinski definition) is 6. The molecule has 37 heavy (non-hydrogen) atoms. The normalized spacial score (nSPS) is 18.7. The van der Waals surface area contributed by atoms with Gasteiger partial charge in [0, 0.05) is 38.4 Å². The molecular weight excluding hydrogens is 481 g/mol. The van der Waals surface area contributed by atoms with Gasteiger partial charge in [0.1, 0.15) is 16.9 Å². The Morgan fingerprint density at radius 3 is 2.51 bits per heavy atom. The highest BCUT2D eigenvalue weighted by Gasteiger charge is 2.36. The van der Waals surface area contributed by atoms with Crippen molar-refractivity contribution in [2.45, 2.75) is 71.6 Å². The Morgan fingerprint density at radius 2 is 1.95 bits per heavy atom. The minimum atomic E-state index is -1.34. The van der Waals surface area contributed by atoms with Gasteiger partial charge < -0.3 is 28.9 Å². The number of hydrogen-bond donors (Lipinski definition) is 1. The van der Waals surface area contributed by atoms with Crippen molar-refractivity contribution < 1.29 is 28.6 Å². The molecule has 9 nitrogen and oxygen atoms in total. The van der Waals surface area contributed by atoms with Crippen molar-refractivity contribution in [3.05, 3.63) is 33.9 Å². The second kappa shape index (κ2) is 9.87. The van der Waals surface area contributed by atoms with Crippen molar-refractivity contribution in [1.29, 1.82) is 0 Å². The molecule has 1 N–H and O–H groups in total. The summed E-state index contributed by atoms with van der Waals surface area (Å²) < 4.78 is 29.0. The van der Waals surface area contributed by atoms with Gasteiger partial charge in [-0.25, -0.2) is 14.0 Å². The van der Waals surface area contributed by atoms with E-state index in [2.05, 4.69) is 0 Å². The lowest BCUT2D eigenvalue weighted by Gasteiger charge is -2.32. The van der Waals surface area contributed by atoms with E-state index in [0.29, 0.717) is 18.6 Å². The number of aromatic carboxylic acids is 1. The van der Waals surface area contributed by atoms with Gasteiger partial charge >= 0.3 is 12.1 Å². The van der Waals surface area contributed by atoms with E-state index in [-0.39, 0.29) is 47.0 Å². The van der Waals surface area contributed by atoms with Crippen LogP contribution in [0.3, 0.4) is 0 Å². The molecule has 2 heterocycles. The molecule has 0 spiro atoms. The molecule has 2 atom stereocenters. The summed E-state index contributed by atoms with van der Waals surface area (Å²) in [6.45, 7) is 10.5. The topological polar surface area (TPSA) is 101 Å². The smallest absolute Gasteiger partial charge is 0.410 e. The molecule has 1 aromatic carbocycles. The van der Waals surface area contributed by atoms with Crippen molar-refractivity contribution in [3.8, 4) is 5.75 Å². The standard InChI is InChI=1S/C27H36FN3O6/c1-7-36-24-21-18(23(32)19(25(33)34)14-31(21)17-8-9-17)12-20(28)22(24)30-11-10-16(13-30)15(2)29(6)26(35)37-27(3,4)5/h12,14-17H,7-11,13H2,1-6H3,(H,33,34)/t15-,16+/m0/s1. The number of ether oxygens (including phenoxy) is 2. The third kappa shape index (κ3) is 5.24. The number of fused-ring (bicyclic) bond motifs is 1. The summed E-state index contributed by atoms with van der Waals surface area (Å²) >= 11 is 0. The molecule has 0 unspecified atom stereocenters. The summed E-state index contributed by atoms with van der Waals surface area (Å²) in [4.78, 5) is 40.8. The minimum absolute atomic E-state index is 0.00488. The van der Waals surface area contributed by atoms with Crippen LogP contribution >= 0.6 is 0 Å². The molecule has 1 saturated heterocycles. The number of benzene rings is 1. The van der Waals surface area contributed by atoms with Crippen molar-refractivity contribution in [2.75, 3.05) is 31.6 Å². The molecule has 10 heteroatoms. The number of anilines is 1. The predicted molar refractivity (Wildman–Crippen MR) is 138 cm³/mol. The second-order valence-electron chi connectivity index (χ2n) is 11.0. The molecular formula is C27H36FN3O6. The summed E-state index contributed by atoms with van der Waals surface area (Å²) in [7, 11) is 1.71. The van der Waals surface area contributed by atoms with Crippen LogP contribution in [0.5, 0.6) is 5.75 Å². The zero-order valence-corrected chi connectivity index (χ0v) is 22.3. The van der Waals surface area contributed by atoms with Crippen LogP contribution in [0.15, 0.2) is 17.1 Å². The van der Waals surface area contributed by atoms with Crippen molar-refractivity contribution in [2.24, 2.45) is 5.92 Å². The highest BCUT2D eigenvalue weighted by atomic mass is 19.1. The van der Waals surface area contributed by atoms with Crippen LogP contribution in [0.2, 0.25) is 0 Å². The Morgan fingerprint density at radius 1 is 1.27 bits per heavy atom. The largest absolute Gasteiger partial charge is 0.489 e. The lowest BCUT2D eigenvalue weighted by atomic mass is 9.99. The lowest BCUT2D eigenvalue weighted by molar-refractivity contribution is 0.0192. The Labute approximate surface area is 215 Å². The molecule has 1 amide bonds. The number of carboxylic acid groups (broad SMARTS) is 1. The first-order chi connectivity index (χ1) is 17.3. The molecule has 1 saturated carbocycles. The van der Waals surface area contributed by atoms with E-state index in [0.717, 1.165) is 25.3 Å². The summed E-state index contributed by atoms with van der Waals surface area (Å²) in [5.74, 6) is -1.66. The van der Waals surface area contributed by atoms with Crippen LogP contribution in [0.25, 0.3) is 10.9 Å². The van der Waals surface area contributed by atoms with Crippen LogP contribution in [0, 0.1) is 11.7 Å². The third-order valence-electron chi connectivity index (χ3n) is 7.17. The maximum atomic E-state index is 15.7. The van der Waals surface area contributed by atoms with E-state index in [1.807, 2.05) is 32.6 Å². The van der Waals surface area contributed by atoms with Gasteiger partial charge in [0.25, 0.3) is 0 Å². The molecule has 1 aromatic heterocycles. The molecule has 0 bridgehead atoms. The lowest BCUT2D eigenvalue weighted by Crippen LogP contribution is -2.43. The van der Waals surface area contributed by atoms with Gasteiger partial charge in [-0.3, -0.25) is 4.79 Å².